The van der Waals surface area contributed by atoms with Crippen molar-refractivity contribution < 1.29 is 9.59 Å². The van der Waals surface area contributed by atoms with Gasteiger partial charge in [-0.1, -0.05) is 30.3 Å². The van der Waals surface area contributed by atoms with Gasteiger partial charge in [-0.25, -0.2) is 4.98 Å². The molecule has 1 aromatic carbocycles. The number of anilines is 4. The molecule has 2 heterocycles. The van der Waals surface area contributed by atoms with Crippen molar-refractivity contribution in [3.8, 4) is 0 Å². The smallest absolute Gasteiger partial charge is 0.247 e. The number of para-hydroxylation sites is 2. The summed E-state index contributed by atoms with van der Waals surface area (Å²) < 4.78 is 0. The summed E-state index contributed by atoms with van der Waals surface area (Å²) in [5, 5.41) is 9.49. The van der Waals surface area contributed by atoms with E-state index in [-0.39, 0.29) is 17.9 Å². The Kier molecular flexibility index (Phi) is 6.66. The molecule has 1 fully saturated rings. The van der Waals surface area contributed by atoms with Crippen LogP contribution in [0.5, 0.6) is 0 Å². The van der Waals surface area contributed by atoms with Crippen LogP contribution in [-0.2, 0) is 9.59 Å². The van der Waals surface area contributed by atoms with Gasteiger partial charge in [-0.2, -0.15) is 4.98 Å². The molecule has 1 saturated heterocycles. The number of aromatic nitrogens is 2. The molecule has 3 rings (SSSR count). The van der Waals surface area contributed by atoms with E-state index in [2.05, 4.69) is 32.5 Å². The summed E-state index contributed by atoms with van der Waals surface area (Å²) >= 11 is 6.27. The third kappa shape index (κ3) is 5.45. The number of nitrogens with one attached hydrogen (secondary N) is 3. The van der Waals surface area contributed by atoms with E-state index >= 15 is 0 Å². The number of benzene rings is 1. The topological polar surface area (TPSA) is 99.2 Å². The predicted molar refractivity (Wildman–Crippen MR) is 114 cm³/mol. The molecule has 8 nitrogen and oxygen atoms in total. The summed E-state index contributed by atoms with van der Waals surface area (Å²) in [5.41, 5.74) is 1.21. The van der Waals surface area contributed by atoms with Gasteiger partial charge in [-0.3, -0.25) is 9.59 Å². The molecule has 29 heavy (non-hydrogen) atoms. The molecule has 0 bridgehead atoms. The molecular formula is C20H23ClN6O2. The number of hydrogen-bond donors (Lipinski definition) is 3. The van der Waals surface area contributed by atoms with Gasteiger partial charge in [-0.05, 0) is 31.1 Å². The summed E-state index contributed by atoms with van der Waals surface area (Å²) in [5.74, 6) is 0.570. The van der Waals surface area contributed by atoms with Crippen LogP contribution in [0.2, 0.25) is 5.02 Å². The van der Waals surface area contributed by atoms with Crippen LogP contribution >= 0.6 is 11.6 Å². The van der Waals surface area contributed by atoms with Crippen LogP contribution < -0.4 is 16.0 Å². The molecule has 0 aliphatic carbocycles. The lowest BCUT2D eigenvalue weighted by Gasteiger charge is -2.32. The van der Waals surface area contributed by atoms with Crippen LogP contribution in [0.15, 0.2) is 43.1 Å². The van der Waals surface area contributed by atoms with Gasteiger partial charge in [0.25, 0.3) is 0 Å². The average Bonchev–Trinajstić information content (AvgIpc) is 2.72. The number of hydrogen-bond acceptors (Lipinski definition) is 6. The Morgan fingerprint density at radius 3 is 2.79 bits per heavy atom. The Morgan fingerprint density at radius 2 is 2.07 bits per heavy atom. The van der Waals surface area contributed by atoms with E-state index in [0.717, 1.165) is 19.4 Å². The number of halogens is 1. The fraction of sp³-hybridized carbons (Fsp3) is 0.300. The summed E-state index contributed by atoms with van der Waals surface area (Å²) in [6.07, 6.45) is 4.56. The van der Waals surface area contributed by atoms with E-state index in [1.54, 1.807) is 19.1 Å². The maximum absolute atomic E-state index is 11.7. The minimum absolute atomic E-state index is 0.0639. The Labute approximate surface area is 174 Å². The number of nitrogens with zero attached hydrogens (tertiary/aromatic N) is 3. The number of carbonyl (C=O) groups excluding carboxylic acids is 2. The van der Waals surface area contributed by atoms with Crippen LogP contribution in [0.4, 0.5) is 23.1 Å². The molecule has 1 aliphatic rings. The number of carbonyl (C=O) groups is 2. The summed E-state index contributed by atoms with van der Waals surface area (Å²) in [6.45, 7) is 6.42. The molecule has 2 amide bonds. The number of rotatable bonds is 6. The number of piperidine rings is 1. The highest BCUT2D eigenvalue weighted by atomic mass is 35.5. The standard InChI is InChI=1S/C20H23ClN6O2/c1-3-18(29)24-16-8-4-5-9-17(16)25-19-15(21)11-22-20(26-19)23-14-7-6-10-27(12-14)13(2)28/h3-5,8-9,11,14H,1,6-7,10,12H2,2H3,(H,24,29)(H2,22,23,25,26)/t14-/m1/s1. The van der Waals surface area contributed by atoms with Crippen molar-refractivity contribution >= 4 is 46.6 Å². The van der Waals surface area contributed by atoms with Crippen LogP contribution in [0.1, 0.15) is 19.8 Å². The fourth-order valence-electron chi connectivity index (χ4n) is 3.10. The van der Waals surface area contributed by atoms with E-state index in [1.165, 1.54) is 12.3 Å². The van der Waals surface area contributed by atoms with Gasteiger partial charge in [-0.15, -0.1) is 0 Å². The molecule has 9 heteroatoms. The van der Waals surface area contributed by atoms with Crippen molar-refractivity contribution in [1.29, 1.82) is 0 Å². The van der Waals surface area contributed by atoms with Gasteiger partial charge in [0.15, 0.2) is 5.82 Å². The molecule has 0 unspecified atom stereocenters. The van der Waals surface area contributed by atoms with Crippen molar-refractivity contribution in [1.82, 2.24) is 14.9 Å². The van der Waals surface area contributed by atoms with Gasteiger partial charge in [0, 0.05) is 26.1 Å². The van der Waals surface area contributed by atoms with Gasteiger partial charge < -0.3 is 20.9 Å². The van der Waals surface area contributed by atoms with Gasteiger partial charge in [0.05, 0.1) is 17.6 Å². The van der Waals surface area contributed by atoms with Crippen LogP contribution in [-0.4, -0.2) is 45.8 Å². The van der Waals surface area contributed by atoms with E-state index in [1.807, 2.05) is 17.0 Å². The van der Waals surface area contributed by atoms with E-state index < -0.39 is 0 Å². The van der Waals surface area contributed by atoms with Crippen molar-refractivity contribution in [2.45, 2.75) is 25.8 Å². The first kappa shape index (κ1) is 20.6. The normalized spacial score (nSPS) is 16.1. The average molecular weight is 415 g/mol. The largest absolute Gasteiger partial charge is 0.350 e. The second-order valence-electron chi connectivity index (χ2n) is 6.70. The SMILES string of the molecule is C=CC(=O)Nc1ccccc1Nc1nc(N[C@@H]2CCCN(C(C)=O)C2)ncc1Cl. The lowest BCUT2D eigenvalue weighted by Crippen LogP contribution is -2.44. The predicted octanol–water partition coefficient (Wildman–Crippen LogP) is 3.42. The lowest BCUT2D eigenvalue weighted by molar-refractivity contribution is -0.129. The molecule has 152 valence electrons. The first-order valence-electron chi connectivity index (χ1n) is 9.30. The fourth-order valence-corrected chi connectivity index (χ4v) is 3.24. The maximum Gasteiger partial charge on any atom is 0.247 e. The molecular weight excluding hydrogens is 392 g/mol. The monoisotopic (exact) mass is 414 g/mol. The van der Waals surface area contributed by atoms with Crippen LogP contribution in [0.3, 0.4) is 0 Å². The van der Waals surface area contributed by atoms with Crippen molar-refractivity contribution in [3.63, 3.8) is 0 Å². The van der Waals surface area contributed by atoms with Crippen molar-refractivity contribution in [3.05, 3.63) is 48.1 Å². The quantitative estimate of drug-likeness (QED) is 0.626. The number of amides is 2. The zero-order valence-corrected chi connectivity index (χ0v) is 16.9. The Hall–Kier alpha value is -3.13. The van der Waals surface area contributed by atoms with E-state index in [9.17, 15) is 9.59 Å². The van der Waals surface area contributed by atoms with Gasteiger partial charge in [0.2, 0.25) is 17.8 Å². The minimum Gasteiger partial charge on any atom is -0.350 e. The second-order valence-corrected chi connectivity index (χ2v) is 7.11. The molecule has 1 atom stereocenters. The third-order valence-corrected chi connectivity index (χ3v) is 4.84. The highest BCUT2D eigenvalue weighted by Gasteiger charge is 2.22. The molecule has 0 spiro atoms. The van der Waals surface area contributed by atoms with Crippen LogP contribution in [0.25, 0.3) is 0 Å². The Morgan fingerprint density at radius 1 is 1.31 bits per heavy atom. The lowest BCUT2D eigenvalue weighted by atomic mass is 10.1. The van der Waals surface area contributed by atoms with Crippen molar-refractivity contribution in [2.75, 3.05) is 29.0 Å². The molecule has 0 saturated carbocycles. The third-order valence-electron chi connectivity index (χ3n) is 4.57. The Bertz CT molecular complexity index is 920. The molecule has 0 radical (unpaired) electrons. The summed E-state index contributed by atoms with van der Waals surface area (Å²) in [7, 11) is 0. The first-order valence-corrected chi connectivity index (χ1v) is 9.68. The maximum atomic E-state index is 11.7. The molecule has 1 aliphatic heterocycles. The van der Waals surface area contributed by atoms with E-state index in [4.69, 9.17) is 11.6 Å². The summed E-state index contributed by atoms with van der Waals surface area (Å²) in [4.78, 5) is 33.8. The van der Waals surface area contributed by atoms with Gasteiger partial charge >= 0.3 is 0 Å². The highest BCUT2D eigenvalue weighted by molar-refractivity contribution is 6.33. The summed E-state index contributed by atoms with van der Waals surface area (Å²) in [6, 6.07) is 7.27. The minimum atomic E-state index is -0.317. The zero-order valence-electron chi connectivity index (χ0n) is 16.1. The second kappa shape index (κ2) is 9.38. The number of likely N-dealkylation sites (tertiary alicyclic amines) is 1. The molecule has 2 aromatic rings. The Balaban J connectivity index is 1.76. The highest BCUT2D eigenvalue weighted by Crippen LogP contribution is 2.29. The molecule has 3 N–H and O–H groups in total. The van der Waals surface area contributed by atoms with Crippen molar-refractivity contribution in [2.24, 2.45) is 0 Å². The van der Waals surface area contributed by atoms with Crippen LogP contribution in [0, 0.1) is 0 Å². The van der Waals surface area contributed by atoms with Gasteiger partial charge in [0.1, 0.15) is 5.02 Å². The zero-order chi connectivity index (χ0) is 20.8. The first-order chi connectivity index (χ1) is 14.0. The van der Waals surface area contributed by atoms with E-state index in [0.29, 0.717) is 34.7 Å². The molecule has 1 aromatic heterocycles.